The minimum Gasteiger partial charge on any atom is -0.297 e. The van der Waals surface area contributed by atoms with E-state index in [1.54, 1.807) is 20.8 Å². The largest absolute Gasteiger partial charge is 0.297 e. The van der Waals surface area contributed by atoms with Crippen LogP contribution in [0.5, 0.6) is 0 Å². The molecule has 0 aliphatic rings. The number of aromatic nitrogens is 2. The van der Waals surface area contributed by atoms with Gasteiger partial charge in [0.1, 0.15) is 0 Å². The van der Waals surface area contributed by atoms with Crippen LogP contribution in [0.2, 0.25) is 0 Å². The molecule has 0 spiro atoms. The van der Waals surface area contributed by atoms with Crippen LogP contribution in [-0.4, -0.2) is 29.0 Å². The number of rotatable bonds is 4. The SMILES string of the molecule is Cc1ncn(CCS(=O)(=O)C(C)C)c(=O)c1I. The molecule has 0 atom stereocenters. The standard InChI is InChI=1S/C10H15IN2O3S/c1-7(2)17(15,16)5-4-13-6-12-8(3)9(11)10(13)14/h6-7H,4-5H2,1-3H3. The van der Waals surface area contributed by atoms with Gasteiger partial charge in [0.05, 0.1) is 26.6 Å². The van der Waals surface area contributed by atoms with Crippen LogP contribution >= 0.6 is 22.6 Å². The van der Waals surface area contributed by atoms with Crippen molar-refractivity contribution in [3.05, 3.63) is 25.9 Å². The molecule has 0 saturated heterocycles. The Morgan fingerprint density at radius 1 is 1.47 bits per heavy atom. The van der Waals surface area contributed by atoms with E-state index in [1.165, 1.54) is 10.9 Å². The Hall–Kier alpha value is -0.440. The zero-order chi connectivity index (χ0) is 13.2. The molecule has 0 fully saturated rings. The van der Waals surface area contributed by atoms with Crippen LogP contribution in [0.15, 0.2) is 11.1 Å². The first-order valence-corrected chi connectivity index (χ1v) is 7.98. The van der Waals surface area contributed by atoms with Crippen molar-refractivity contribution in [3.8, 4) is 0 Å². The highest BCUT2D eigenvalue weighted by molar-refractivity contribution is 14.1. The normalized spacial score (nSPS) is 12.1. The molecule has 0 N–H and O–H groups in total. The van der Waals surface area contributed by atoms with E-state index >= 15 is 0 Å². The van der Waals surface area contributed by atoms with Crippen molar-refractivity contribution in [2.75, 3.05) is 5.75 Å². The van der Waals surface area contributed by atoms with Crippen molar-refractivity contribution < 1.29 is 8.42 Å². The first-order valence-electron chi connectivity index (χ1n) is 5.19. The van der Waals surface area contributed by atoms with Crippen LogP contribution in [-0.2, 0) is 16.4 Å². The van der Waals surface area contributed by atoms with Gasteiger partial charge in [0.25, 0.3) is 5.56 Å². The second-order valence-electron chi connectivity index (χ2n) is 4.06. The van der Waals surface area contributed by atoms with Crippen molar-refractivity contribution in [1.29, 1.82) is 0 Å². The van der Waals surface area contributed by atoms with Gasteiger partial charge >= 0.3 is 0 Å². The topological polar surface area (TPSA) is 69.0 Å². The van der Waals surface area contributed by atoms with Gasteiger partial charge in [-0.15, -0.1) is 0 Å². The average molecular weight is 370 g/mol. The molecule has 1 aromatic rings. The maximum atomic E-state index is 11.8. The van der Waals surface area contributed by atoms with Gasteiger partial charge in [-0.25, -0.2) is 13.4 Å². The molecule has 0 aromatic carbocycles. The fourth-order valence-corrected chi connectivity index (χ4v) is 2.54. The van der Waals surface area contributed by atoms with Crippen molar-refractivity contribution in [1.82, 2.24) is 9.55 Å². The summed E-state index contributed by atoms with van der Waals surface area (Å²) in [7, 11) is -3.13. The van der Waals surface area contributed by atoms with Gasteiger partial charge in [0, 0.05) is 6.54 Å². The molecule has 96 valence electrons. The number of sulfone groups is 1. The summed E-state index contributed by atoms with van der Waals surface area (Å²) in [6.45, 7) is 5.17. The van der Waals surface area contributed by atoms with Gasteiger partial charge in [-0.1, -0.05) is 0 Å². The molecule has 7 heteroatoms. The molecule has 0 aliphatic heterocycles. The molecule has 0 bridgehead atoms. The second kappa shape index (κ2) is 5.47. The zero-order valence-corrected chi connectivity index (χ0v) is 12.9. The van der Waals surface area contributed by atoms with Crippen molar-refractivity contribution in [2.45, 2.75) is 32.6 Å². The molecule has 5 nitrogen and oxygen atoms in total. The van der Waals surface area contributed by atoms with E-state index < -0.39 is 15.1 Å². The zero-order valence-electron chi connectivity index (χ0n) is 9.97. The summed E-state index contributed by atoms with van der Waals surface area (Å²) >= 11 is 1.92. The van der Waals surface area contributed by atoms with E-state index in [4.69, 9.17) is 0 Å². The van der Waals surface area contributed by atoms with E-state index in [0.29, 0.717) is 9.26 Å². The Kier molecular flexibility index (Phi) is 4.70. The lowest BCUT2D eigenvalue weighted by atomic mass is 10.4. The molecule has 17 heavy (non-hydrogen) atoms. The number of halogens is 1. The minimum absolute atomic E-state index is 0.0363. The Morgan fingerprint density at radius 3 is 2.59 bits per heavy atom. The van der Waals surface area contributed by atoms with E-state index in [2.05, 4.69) is 4.98 Å². The summed E-state index contributed by atoms with van der Waals surface area (Å²) in [6.07, 6.45) is 1.40. The molecule has 0 unspecified atom stereocenters. The average Bonchev–Trinajstić information content (AvgIpc) is 2.25. The van der Waals surface area contributed by atoms with E-state index in [-0.39, 0.29) is 17.9 Å². The van der Waals surface area contributed by atoms with Gasteiger partial charge in [0.15, 0.2) is 9.84 Å². The predicted molar refractivity (Wildman–Crippen MR) is 74.9 cm³/mol. The lowest BCUT2D eigenvalue weighted by molar-refractivity contribution is 0.577. The van der Waals surface area contributed by atoms with Gasteiger partial charge < -0.3 is 0 Å². The molecule has 0 saturated carbocycles. The lowest BCUT2D eigenvalue weighted by Crippen LogP contribution is -2.29. The van der Waals surface area contributed by atoms with Gasteiger partial charge in [-0.3, -0.25) is 9.36 Å². The van der Waals surface area contributed by atoms with E-state index in [1.807, 2.05) is 22.6 Å². The molecule has 1 rings (SSSR count). The van der Waals surface area contributed by atoms with Crippen LogP contribution in [0.4, 0.5) is 0 Å². The summed E-state index contributed by atoms with van der Waals surface area (Å²) in [5.41, 5.74) is 0.482. The predicted octanol–water partition coefficient (Wildman–Crippen LogP) is 0.980. The first-order chi connectivity index (χ1) is 7.75. The monoisotopic (exact) mass is 370 g/mol. The Labute approximate surface area is 114 Å². The highest BCUT2D eigenvalue weighted by Gasteiger charge is 2.16. The smallest absolute Gasteiger partial charge is 0.267 e. The second-order valence-corrected chi connectivity index (χ2v) is 7.81. The third-order valence-electron chi connectivity index (χ3n) is 2.49. The number of nitrogens with zero attached hydrogens (tertiary/aromatic N) is 2. The number of aryl methyl sites for hydroxylation is 2. The molecule has 1 heterocycles. The van der Waals surface area contributed by atoms with Gasteiger partial charge in [-0.05, 0) is 43.4 Å². The van der Waals surface area contributed by atoms with Crippen molar-refractivity contribution in [3.63, 3.8) is 0 Å². The van der Waals surface area contributed by atoms with Gasteiger partial charge in [0.2, 0.25) is 0 Å². The fourth-order valence-electron chi connectivity index (χ4n) is 1.17. The third kappa shape index (κ3) is 3.51. The van der Waals surface area contributed by atoms with Crippen LogP contribution < -0.4 is 5.56 Å². The summed E-state index contributed by atoms with van der Waals surface area (Å²) in [4.78, 5) is 15.8. The molecule has 0 aliphatic carbocycles. The van der Waals surface area contributed by atoms with E-state index in [9.17, 15) is 13.2 Å². The number of hydrogen-bond donors (Lipinski definition) is 0. The summed E-state index contributed by atoms with van der Waals surface area (Å²) in [5.74, 6) is -0.0363. The van der Waals surface area contributed by atoms with Crippen LogP contribution in [0, 0.1) is 10.5 Å². The maximum absolute atomic E-state index is 11.8. The molecule has 0 radical (unpaired) electrons. The summed E-state index contributed by atoms with van der Waals surface area (Å²) < 4.78 is 25.1. The lowest BCUT2D eigenvalue weighted by Gasteiger charge is -2.09. The highest BCUT2D eigenvalue weighted by atomic mass is 127. The van der Waals surface area contributed by atoms with Crippen LogP contribution in [0.25, 0.3) is 0 Å². The Morgan fingerprint density at radius 2 is 2.06 bits per heavy atom. The van der Waals surface area contributed by atoms with Gasteiger partial charge in [-0.2, -0.15) is 0 Å². The van der Waals surface area contributed by atoms with Crippen molar-refractivity contribution in [2.24, 2.45) is 0 Å². The molecular formula is C10H15IN2O3S. The number of hydrogen-bond acceptors (Lipinski definition) is 4. The maximum Gasteiger partial charge on any atom is 0.267 e. The van der Waals surface area contributed by atoms with Crippen LogP contribution in [0.3, 0.4) is 0 Å². The fraction of sp³-hybridized carbons (Fsp3) is 0.600. The minimum atomic E-state index is -3.13. The third-order valence-corrected chi connectivity index (χ3v) is 5.92. The first kappa shape index (κ1) is 14.6. The Bertz CT molecular complexity index is 563. The molecule has 0 amide bonds. The highest BCUT2D eigenvalue weighted by Crippen LogP contribution is 2.03. The summed E-state index contributed by atoms with van der Waals surface area (Å²) in [6, 6.07) is 0. The quantitative estimate of drug-likeness (QED) is 0.741. The molecule has 1 aromatic heterocycles. The molecular weight excluding hydrogens is 355 g/mol. The van der Waals surface area contributed by atoms with Crippen LogP contribution in [0.1, 0.15) is 19.5 Å². The summed E-state index contributed by atoms with van der Waals surface area (Å²) in [5, 5.41) is -0.421. The van der Waals surface area contributed by atoms with E-state index in [0.717, 1.165) is 0 Å². The van der Waals surface area contributed by atoms with Crippen molar-refractivity contribution >= 4 is 32.4 Å². The Balaban J connectivity index is 2.93.